The lowest BCUT2D eigenvalue weighted by atomic mass is 9.60. The van der Waals surface area contributed by atoms with Crippen molar-refractivity contribution in [3.05, 3.63) is 74.9 Å². The van der Waals surface area contributed by atoms with E-state index < -0.39 is 75.5 Å². The number of fused-ring (bicyclic) bond motifs is 3. The van der Waals surface area contributed by atoms with E-state index in [4.69, 9.17) is 14.2 Å². The average molecular weight is 617 g/mol. The molecule has 1 saturated carbocycles. The van der Waals surface area contributed by atoms with Crippen LogP contribution in [0.3, 0.4) is 0 Å². The number of hydrogen-bond donors (Lipinski definition) is 5. The first-order valence-corrected chi connectivity index (χ1v) is 14.3. The highest BCUT2D eigenvalue weighted by molar-refractivity contribution is 6.14. The van der Waals surface area contributed by atoms with Gasteiger partial charge in [-0.15, -0.1) is 0 Å². The van der Waals surface area contributed by atoms with Gasteiger partial charge in [-0.3, -0.25) is 14.4 Å². The molecule has 232 valence electrons. The third-order valence-corrected chi connectivity index (χ3v) is 9.66. The smallest absolute Gasteiger partial charge is 0.358 e. The number of aliphatic hydroxyl groups excluding tert-OH is 3. The Kier molecular flexibility index (Phi) is 5.86. The van der Waals surface area contributed by atoms with Crippen LogP contribution in [0.15, 0.2) is 47.1 Å². The minimum Gasteiger partial charge on any atom is -0.507 e. The molecule has 5 N–H and O–H groups in total. The summed E-state index contributed by atoms with van der Waals surface area (Å²) in [6.45, 7) is 2.84. The molecular formula is C33H28O12. The summed E-state index contributed by atoms with van der Waals surface area (Å²) in [5, 5.41) is 56.7. The van der Waals surface area contributed by atoms with Crippen molar-refractivity contribution in [2.45, 2.75) is 56.8 Å². The van der Waals surface area contributed by atoms with E-state index in [1.54, 1.807) is 19.1 Å². The topological polar surface area (TPSA) is 197 Å². The first kappa shape index (κ1) is 28.7. The molecule has 0 unspecified atom stereocenters. The number of phenolic OH excluding ortho intramolecular Hbond substituents is 2. The van der Waals surface area contributed by atoms with E-state index in [9.17, 15) is 44.7 Å². The summed E-state index contributed by atoms with van der Waals surface area (Å²) in [5.74, 6) is -6.86. The van der Waals surface area contributed by atoms with E-state index in [2.05, 4.69) is 0 Å². The number of aliphatic hydroxyl groups is 3. The molecule has 0 radical (unpaired) electrons. The van der Waals surface area contributed by atoms with Crippen molar-refractivity contribution in [3.8, 4) is 17.2 Å². The molecule has 8 rings (SSSR count). The number of carbonyl (C=O) groups excluding carboxylic acids is 4. The van der Waals surface area contributed by atoms with Crippen LogP contribution in [0.4, 0.5) is 0 Å². The normalized spacial score (nSPS) is 29.3. The average Bonchev–Trinajstić information content (AvgIpc) is 3.17. The fraction of sp³-hybridized carbons (Fsp3) is 0.333. The van der Waals surface area contributed by atoms with Crippen LogP contribution in [0.5, 0.6) is 17.2 Å². The summed E-state index contributed by atoms with van der Waals surface area (Å²) in [7, 11) is 1.04. The van der Waals surface area contributed by atoms with E-state index in [-0.39, 0.29) is 64.2 Å². The number of benzene rings is 2. The summed E-state index contributed by atoms with van der Waals surface area (Å²) in [6.07, 6.45) is -1.62. The predicted octanol–water partition coefficient (Wildman–Crippen LogP) is 3.14. The summed E-state index contributed by atoms with van der Waals surface area (Å²) in [5.41, 5.74) is -4.02. The van der Waals surface area contributed by atoms with Gasteiger partial charge in [0, 0.05) is 24.5 Å². The Balaban J connectivity index is 1.54. The Morgan fingerprint density at radius 2 is 1.76 bits per heavy atom. The van der Waals surface area contributed by atoms with Crippen molar-refractivity contribution >= 4 is 35.0 Å². The van der Waals surface area contributed by atoms with Gasteiger partial charge in [-0.25, -0.2) is 4.79 Å². The number of ether oxygens (including phenoxy) is 3. The lowest BCUT2D eigenvalue weighted by Gasteiger charge is -2.45. The Morgan fingerprint density at radius 1 is 1.04 bits per heavy atom. The maximum Gasteiger partial charge on any atom is 0.358 e. The molecular weight excluding hydrogens is 588 g/mol. The molecule has 1 aliphatic heterocycles. The SMILES string of the molecule is COC(=O)[C@]12Oc3cc4c(c(O)c3C(O)=C1C(=O)CC[C@H]2O)[C@H]1C(=O)C2=C(O)c3c(O)cccc3[C@H](OC(C)=O)[C@@]2(C=C1C)C4. The lowest BCUT2D eigenvalue weighted by Crippen LogP contribution is -2.61. The Labute approximate surface area is 255 Å². The fourth-order valence-corrected chi connectivity index (χ4v) is 7.98. The van der Waals surface area contributed by atoms with E-state index in [1.165, 1.54) is 25.1 Å². The maximum absolute atomic E-state index is 14.4. The van der Waals surface area contributed by atoms with Crippen molar-refractivity contribution in [1.29, 1.82) is 0 Å². The van der Waals surface area contributed by atoms with E-state index in [0.29, 0.717) is 5.57 Å². The van der Waals surface area contributed by atoms with Gasteiger partial charge >= 0.3 is 11.9 Å². The molecule has 2 aromatic rings. The minimum absolute atomic E-state index is 0.0547. The molecule has 1 fully saturated rings. The molecule has 2 aromatic carbocycles. The number of carbonyl (C=O) groups is 4. The number of aromatic hydroxyl groups is 2. The zero-order valence-corrected chi connectivity index (χ0v) is 24.3. The molecule has 0 amide bonds. The number of phenols is 2. The quantitative estimate of drug-likeness (QED) is 0.245. The number of allylic oxidation sites excluding steroid dienone is 1. The molecule has 1 spiro atoms. The van der Waals surface area contributed by atoms with Gasteiger partial charge in [0.05, 0.1) is 35.2 Å². The lowest BCUT2D eigenvalue weighted by molar-refractivity contribution is -0.169. The predicted molar refractivity (Wildman–Crippen MR) is 153 cm³/mol. The molecule has 0 aromatic heterocycles. The van der Waals surface area contributed by atoms with Crippen molar-refractivity contribution in [1.82, 2.24) is 0 Å². The van der Waals surface area contributed by atoms with Gasteiger partial charge in [0.2, 0.25) is 0 Å². The Hall–Kier alpha value is -5.10. The van der Waals surface area contributed by atoms with Crippen LogP contribution in [0, 0.1) is 5.41 Å². The van der Waals surface area contributed by atoms with Crippen LogP contribution in [-0.4, -0.2) is 67.9 Å². The monoisotopic (exact) mass is 616 g/mol. The molecule has 5 aliphatic carbocycles. The second-order valence-electron chi connectivity index (χ2n) is 12.1. The largest absolute Gasteiger partial charge is 0.507 e. The first-order valence-electron chi connectivity index (χ1n) is 14.3. The number of methoxy groups -OCH3 is 1. The second-order valence-corrected chi connectivity index (χ2v) is 12.1. The third kappa shape index (κ3) is 3.40. The third-order valence-electron chi connectivity index (χ3n) is 9.66. The van der Waals surface area contributed by atoms with Crippen molar-refractivity contribution in [2.24, 2.45) is 5.41 Å². The molecule has 12 heteroatoms. The number of rotatable bonds is 2. The standard InChI is InChI=1S/C33H28O12/c1-12-10-32-11-14-9-18-23(29(41)24-17(36)7-8-19(37)33(24,45-18)31(42)43-3)26(38)21(14)20(12)27(39)25(32)28(40)22-15(5-4-6-16(22)35)30(32)44-13(2)34/h4-6,9-10,19-20,30,35,37-38,40-41H,7-8,11H2,1-3H3/t19-,20+,30+,32+,33-/m1/s1. The number of ketones is 2. The molecule has 6 aliphatic rings. The van der Waals surface area contributed by atoms with Gasteiger partial charge < -0.3 is 39.7 Å². The van der Waals surface area contributed by atoms with Crippen molar-refractivity contribution in [3.63, 3.8) is 0 Å². The van der Waals surface area contributed by atoms with E-state index in [0.717, 1.165) is 7.11 Å². The summed E-state index contributed by atoms with van der Waals surface area (Å²) >= 11 is 0. The van der Waals surface area contributed by atoms with Crippen LogP contribution in [0.2, 0.25) is 0 Å². The number of Topliss-reactive ketones (excluding diaryl/α,β-unsaturated/α-hetero) is 2. The maximum atomic E-state index is 14.4. The zero-order chi connectivity index (χ0) is 32.3. The Morgan fingerprint density at radius 3 is 2.44 bits per heavy atom. The minimum atomic E-state index is -2.42. The highest BCUT2D eigenvalue weighted by atomic mass is 16.6. The number of hydrogen-bond acceptors (Lipinski definition) is 12. The van der Waals surface area contributed by atoms with Gasteiger partial charge in [-0.1, -0.05) is 23.8 Å². The van der Waals surface area contributed by atoms with Crippen LogP contribution in [-0.2, 0) is 35.1 Å². The van der Waals surface area contributed by atoms with Gasteiger partial charge in [-0.2, -0.15) is 0 Å². The summed E-state index contributed by atoms with van der Waals surface area (Å²) < 4.78 is 16.8. The second kappa shape index (κ2) is 9.21. The van der Waals surface area contributed by atoms with Gasteiger partial charge in [-0.05, 0) is 37.5 Å². The molecule has 5 atom stereocenters. The van der Waals surface area contributed by atoms with Gasteiger partial charge in [0.15, 0.2) is 11.6 Å². The molecule has 1 heterocycles. The van der Waals surface area contributed by atoms with Crippen LogP contribution in [0.25, 0.3) is 11.5 Å². The van der Waals surface area contributed by atoms with E-state index in [1.807, 2.05) is 0 Å². The van der Waals surface area contributed by atoms with Gasteiger partial charge in [0.1, 0.15) is 46.5 Å². The van der Waals surface area contributed by atoms with E-state index >= 15 is 0 Å². The molecule has 2 bridgehead atoms. The fourth-order valence-electron chi connectivity index (χ4n) is 7.98. The van der Waals surface area contributed by atoms with Crippen molar-refractivity contribution < 1.29 is 58.9 Å². The first-order chi connectivity index (χ1) is 21.3. The highest BCUT2D eigenvalue weighted by Crippen LogP contribution is 2.64. The van der Waals surface area contributed by atoms with Crippen LogP contribution < -0.4 is 4.74 Å². The van der Waals surface area contributed by atoms with Crippen LogP contribution in [0.1, 0.15) is 66.5 Å². The zero-order valence-electron chi connectivity index (χ0n) is 24.3. The number of esters is 2. The van der Waals surface area contributed by atoms with Crippen molar-refractivity contribution in [2.75, 3.05) is 7.11 Å². The highest BCUT2D eigenvalue weighted by Gasteiger charge is 2.63. The molecule has 0 saturated heterocycles. The Bertz CT molecular complexity index is 1900. The summed E-state index contributed by atoms with van der Waals surface area (Å²) in [6, 6.07) is 5.80. The van der Waals surface area contributed by atoms with Crippen LogP contribution >= 0.6 is 0 Å². The molecule has 45 heavy (non-hydrogen) atoms. The molecule has 12 nitrogen and oxygen atoms in total. The van der Waals surface area contributed by atoms with Gasteiger partial charge in [0.25, 0.3) is 5.60 Å². The summed E-state index contributed by atoms with van der Waals surface area (Å²) in [4.78, 5) is 53.2.